The van der Waals surface area contributed by atoms with Crippen LogP contribution < -0.4 is 5.32 Å². The van der Waals surface area contributed by atoms with Crippen LogP contribution in [0.2, 0.25) is 0 Å². The number of hydrogen-bond acceptors (Lipinski definition) is 3. The summed E-state index contributed by atoms with van der Waals surface area (Å²) < 4.78 is 36.6. The standard InChI is InChI=1S/C10H8F3N3/c11-10(12,13)7-3-8(7)16-9-2-1-6(4-14)5-15-9/h1-2,5,7-8H,3H2,(H,15,16)/t7-,8-/m0/s1. The molecule has 1 aromatic rings. The highest BCUT2D eigenvalue weighted by Crippen LogP contribution is 2.45. The van der Waals surface area contributed by atoms with Gasteiger partial charge in [-0.1, -0.05) is 0 Å². The molecule has 3 nitrogen and oxygen atoms in total. The molecule has 0 spiro atoms. The van der Waals surface area contributed by atoms with Crippen LogP contribution >= 0.6 is 0 Å². The van der Waals surface area contributed by atoms with Gasteiger partial charge in [0, 0.05) is 12.2 Å². The number of rotatable bonds is 2. The largest absolute Gasteiger partial charge is 0.393 e. The maximum absolute atomic E-state index is 12.2. The first-order valence-electron chi connectivity index (χ1n) is 4.70. The number of nitrogens with zero attached hydrogens (tertiary/aromatic N) is 2. The fourth-order valence-corrected chi connectivity index (χ4v) is 1.45. The van der Waals surface area contributed by atoms with Gasteiger partial charge in [-0.05, 0) is 18.6 Å². The highest BCUT2D eigenvalue weighted by atomic mass is 19.4. The van der Waals surface area contributed by atoms with Crippen LogP contribution in [0.3, 0.4) is 0 Å². The lowest BCUT2D eigenvalue weighted by molar-refractivity contribution is -0.147. The van der Waals surface area contributed by atoms with Crippen molar-refractivity contribution in [3.8, 4) is 6.07 Å². The Bertz CT molecular complexity index is 418. The first-order chi connectivity index (χ1) is 7.50. The number of pyridine rings is 1. The molecule has 0 radical (unpaired) electrons. The van der Waals surface area contributed by atoms with E-state index in [1.165, 1.54) is 18.3 Å². The molecule has 6 heteroatoms. The van der Waals surface area contributed by atoms with Crippen molar-refractivity contribution in [1.82, 2.24) is 4.98 Å². The van der Waals surface area contributed by atoms with Crippen LogP contribution in [0.5, 0.6) is 0 Å². The van der Waals surface area contributed by atoms with Crippen LogP contribution in [0.1, 0.15) is 12.0 Å². The molecule has 0 aliphatic heterocycles. The van der Waals surface area contributed by atoms with E-state index in [4.69, 9.17) is 5.26 Å². The Labute approximate surface area is 89.9 Å². The molecule has 84 valence electrons. The van der Waals surface area contributed by atoms with Gasteiger partial charge in [0.05, 0.1) is 11.5 Å². The second-order valence-electron chi connectivity index (χ2n) is 3.68. The van der Waals surface area contributed by atoms with E-state index in [0.717, 1.165) is 0 Å². The van der Waals surface area contributed by atoms with Gasteiger partial charge in [0.2, 0.25) is 0 Å². The fraction of sp³-hybridized carbons (Fsp3) is 0.400. The molecule has 0 amide bonds. The Morgan fingerprint density at radius 1 is 1.44 bits per heavy atom. The number of hydrogen-bond donors (Lipinski definition) is 1. The third kappa shape index (κ3) is 2.24. The Balaban J connectivity index is 1.95. The molecule has 1 aromatic heterocycles. The highest BCUT2D eigenvalue weighted by Gasteiger charge is 2.55. The van der Waals surface area contributed by atoms with Crippen molar-refractivity contribution in [2.45, 2.75) is 18.6 Å². The van der Waals surface area contributed by atoms with Crippen LogP contribution in [0.4, 0.5) is 19.0 Å². The Morgan fingerprint density at radius 3 is 2.62 bits per heavy atom. The molecular weight excluding hydrogens is 219 g/mol. The van der Waals surface area contributed by atoms with Crippen molar-refractivity contribution in [1.29, 1.82) is 5.26 Å². The number of anilines is 1. The van der Waals surface area contributed by atoms with Crippen LogP contribution in [0, 0.1) is 17.2 Å². The van der Waals surface area contributed by atoms with E-state index in [0.29, 0.717) is 11.4 Å². The Morgan fingerprint density at radius 2 is 2.19 bits per heavy atom. The summed E-state index contributed by atoms with van der Waals surface area (Å²) in [5, 5.41) is 11.2. The average Bonchev–Trinajstić information content (AvgIpc) is 2.98. The molecule has 1 aliphatic carbocycles. The lowest BCUT2D eigenvalue weighted by atomic mass is 10.3. The lowest BCUT2D eigenvalue weighted by Crippen LogP contribution is -2.17. The van der Waals surface area contributed by atoms with Gasteiger partial charge < -0.3 is 5.32 Å². The zero-order chi connectivity index (χ0) is 11.8. The van der Waals surface area contributed by atoms with Crippen molar-refractivity contribution in [3.63, 3.8) is 0 Å². The molecule has 1 saturated carbocycles. The summed E-state index contributed by atoms with van der Waals surface area (Å²) in [6.07, 6.45) is -2.72. The first-order valence-corrected chi connectivity index (χ1v) is 4.70. The normalized spacial score (nSPS) is 23.6. The number of nitrogens with one attached hydrogen (secondary N) is 1. The van der Waals surface area contributed by atoms with E-state index in [-0.39, 0.29) is 6.42 Å². The van der Waals surface area contributed by atoms with Crippen LogP contribution in [-0.4, -0.2) is 17.2 Å². The van der Waals surface area contributed by atoms with E-state index in [9.17, 15) is 13.2 Å². The van der Waals surface area contributed by atoms with Crippen molar-refractivity contribution >= 4 is 5.82 Å². The van der Waals surface area contributed by atoms with E-state index in [1.54, 1.807) is 0 Å². The minimum absolute atomic E-state index is 0.0885. The van der Waals surface area contributed by atoms with Gasteiger partial charge in [0.15, 0.2) is 0 Å². The van der Waals surface area contributed by atoms with Crippen molar-refractivity contribution in [3.05, 3.63) is 23.9 Å². The third-order valence-electron chi connectivity index (χ3n) is 2.44. The van der Waals surface area contributed by atoms with Crippen LogP contribution in [0.25, 0.3) is 0 Å². The zero-order valence-corrected chi connectivity index (χ0v) is 8.12. The Kier molecular flexibility index (Phi) is 2.46. The maximum atomic E-state index is 12.2. The molecule has 2 atom stereocenters. The van der Waals surface area contributed by atoms with Gasteiger partial charge in [0.25, 0.3) is 0 Å². The monoisotopic (exact) mass is 227 g/mol. The van der Waals surface area contributed by atoms with Crippen molar-refractivity contribution < 1.29 is 13.2 Å². The van der Waals surface area contributed by atoms with E-state index in [1.807, 2.05) is 6.07 Å². The first kappa shape index (κ1) is 10.7. The summed E-state index contributed by atoms with van der Waals surface area (Å²) in [4.78, 5) is 3.85. The molecule has 1 aliphatic rings. The van der Waals surface area contributed by atoms with Gasteiger partial charge in [-0.25, -0.2) is 4.98 Å². The molecule has 0 bridgehead atoms. The van der Waals surface area contributed by atoms with Gasteiger partial charge in [-0.15, -0.1) is 0 Å². The molecule has 16 heavy (non-hydrogen) atoms. The minimum Gasteiger partial charge on any atom is -0.367 e. The van der Waals surface area contributed by atoms with E-state index < -0.39 is 18.1 Å². The minimum atomic E-state index is -4.13. The molecule has 1 fully saturated rings. The second kappa shape index (κ2) is 3.67. The summed E-state index contributed by atoms with van der Waals surface area (Å²) in [6.45, 7) is 0. The van der Waals surface area contributed by atoms with Gasteiger partial charge in [-0.2, -0.15) is 18.4 Å². The van der Waals surface area contributed by atoms with Crippen LogP contribution in [0.15, 0.2) is 18.3 Å². The predicted molar refractivity (Wildman–Crippen MR) is 50.5 cm³/mol. The topological polar surface area (TPSA) is 48.7 Å². The fourth-order valence-electron chi connectivity index (χ4n) is 1.45. The third-order valence-corrected chi connectivity index (χ3v) is 2.44. The zero-order valence-electron chi connectivity index (χ0n) is 8.12. The quantitative estimate of drug-likeness (QED) is 0.843. The van der Waals surface area contributed by atoms with E-state index in [2.05, 4.69) is 10.3 Å². The maximum Gasteiger partial charge on any atom is 0.393 e. The molecule has 2 rings (SSSR count). The van der Waals surface area contributed by atoms with Gasteiger partial charge in [0.1, 0.15) is 11.9 Å². The summed E-state index contributed by atoms with van der Waals surface area (Å²) in [5.41, 5.74) is 0.383. The smallest absolute Gasteiger partial charge is 0.367 e. The van der Waals surface area contributed by atoms with Gasteiger partial charge >= 0.3 is 6.18 Å². The summed E-state index contributed by atoms with van der Waals surface area (Å²) in [6, 6.07) is 4.32. The number of nitriles is 1. The highest BCUT2D eigenvalue weighted by molar-refractivity contribution is 5.41. The lowest BCUT2D eigenvalue weighted by Gasteiger charge is -2.07. The average molecular weight is 227 g/mol. The molecule has 1 N–H and O–H groups in total. The van der Waals surface area contributed by atoms with Gasteiger partial charge in [-0.3, -0.25) is 0 Å². The summed E-state index contributed by atoms with van der Waals surface area (Å²) in [5.74, 6) is -0.902. The van der Waals surface area contributed by atoms with Crippen LogP contribution in [-0.2, 0) is 0 Å². The molecular formula is C10H8F3N3. The SMILES string of the molecule is N#Cc1ccc(N[C@H]2C[C@@H]2C(F)(F)F)nc1. The number of alkyl halides is 3. The van der Waals surface area contributed by atoms with E-state index >= 15 is 0 Å². The Hall–Kier alpha value is -1.77. The molecule has 0 aromatic carbocycles. The van der Waals surface area contributed by atoms with Crippen molar-refractivity contribution in [2.75, 3.05) is 5.32 Å². The molecule has 0 saturated heterocycles. The summed E-state index contributed by atoms with van der Waals surface area (Å²) >= 11 is 0. The van der Waals surface area contributed by atoms with Crippen molar-refractivity contribution in [2.24, 2.45) is 5.92 Å². The number of aromatic nitrogens is 1. The second-order valence-corrected chi connectivity index (χ2v) is 3.68. The molecule has 0 unspecified atom stereocenters. The number of halogens is 3. The summed E-state index contributed by atoms with van der Waals surface area (Å²) in [7, 11) is 0. The predicted octanol–water partition coefficient (Wildman–Crippen LogP) is 2.32. The molecule has 1 heterocycles.